The summed E-state index contributed by atoms with van der Waals surface area (Å²) in [5.41, 5.74) is 8.14. The molecule has 154 valence electrons. The molecule has 0 fully saturated rings. The van der Waals surface area contributed by atoms with Crippen molar-refractivity contribution in [3.63, 3.8) is 0 Å². The summed E-state index contributed by atoms with van der Waals surface area (Å²) in [6, 6.07) is 17.7. The minimum Gasteiger partial charge on any atom is -0.361 e. The van der Waals surface area contributed by atoms with Crippen LogP contribution in [0.25, 0.3) is 22.0 Å². The molecule has 0 amide bonds. The largest absolute Gasteiger partial charge is 0.416 e. The summed E-state index contributed by atoms with van der Waals surface area (Å²) in [6.07, 6.45) is -0.494. The van der Waals surface area contributed by atoms with Crippen LogP contribution in [0.2, 0.25) is 0 Å². The number of allylic oxidation sites excluding steroid dienone is 1. The molecule has 5 heteroatoms. The van der Waals surface area contributed by atoms with Gasteiger partial charge in [0.05, 0.1) is 16.7 Å². The van der Waals surface area contributed by atoms with Crippen LogP contribution in [0.4, 0.5) is 18.9 Å². The Hall–Kier alpha value is -3.60. The highest BCUT2D eigenvalue weighted by Gasteiger charge is 2.31. The van der Waals surface area contributed by atoms with Gasteiger partial charge in [-0.3, -0.25) is 0 Å². The Kier molecular flexibility index (Phi) is 4.36. The number of hydrogen-bond donors (Lipinski definition) is 2. The summed E-state index contributed by atoms with van der Waals surface area (Å²) >= 11 is 0. The van der Waals surface area contributed by atoms with Crippen LogP contribution in [0.1, 0.15) is 33.4 Å². The summed E-state index contributed by atoms with van der Waals surface area (Å²) in [5, 5.41) is 1.04. The van der Waals surface area contributed by atoms with Crippen molar-refractivity contribution in [1.29, 1.82) is 0 Å². The second-order valence-corrected chi connectivity index (χ2v) is 7.95. The zero-order chi connectivity index (χ0) is 21.8. The molecular weight excluding hydrogens is 397 g/mol. The Morgan fingerprint density at radius 3 is 2.32 bits per heavy atom. The van der Waals surface area contributed by atoms with Gasteiger partial charge in [0.15, 0.2) is 6.21 Å². The van der Waals surface area contributed by atoms with Gasteiger partial charge in [-0.2, -0.15) is 13.2 Å². The Morgan fingerprint density at radius 2 is 1.58 bits per heavy atom. The molecule has 0 aliphatic carbocycles. The number of H-pyrrole nitrogens is 1. The van der Waals surface area contributed by atoms with Crippen LogP contribution in [0.5, 0.6) is 0 Å². The zero-order valence-electron chi connectivity index (χ0n) is 17.1. The molecule has 1 aliphatic rings. The van der Waals surface area contributed by atoms with E-state index in [1.165, 1.54) is 0 Å². The normalized spacial score (nSPS) is 14.9. The first-order valence-corrected chi connectivity index (χ1v) is 10.0. The molecule has 1 aromatic heterocycles. The molecule has 0 saturated carbocycles. The van der Waals surface area contributed by atoms with Crippen LogP contribution < -0.4 is 4.99 Å². The molecule has 0 bridgehead atoms. The lowest BCUT2D eigenvalue weighted by Crippen LogP contribution is -2.58. The fourth-order valence-corrected chi connectivity index (χ4v) is 4.16. The summed E-state index contributed by atoms with van der Waals surface area (Å²) < 4.78 is 39.5. The van der Waals surface area contributed by atoms with Crippen molar-refractivity contribution >= 4 is 34.0 Å². The van der Waals surface area contributed by atoms with Gasteiger partial charge >= 0.3 is 6.18 Å². The number of aromatic amines is 1. The Bertz CT molecular complexity index is 1370. The van der Waals surface area contributed by atoms with E-state index in [1.54, 1.807) is 12.1 Å². The van der Waals surface area contributed by atoms with E-state index in [4.69, 9.17) is 0 Å². The Labute approximate surface area is 177 Å². The standard InChI is InChI=1S/C26H19F3N2/c1-15-3-9-23-19(11-15)21(13-30-23)25(17-5-7-18(8-6-17)26(27,28)29)22-14-31-24-10-4-16(2)12-20(22)24/h3-14,30H,1-2H3/p+1/b25-22+. The van der Waals surface area contributed by atoms with Crippen LogP contribution in [-0.4, -0.2) is 11.2 Å². The van der Waals surface area contributed by atoms with Gasteiger partial charge in [-0.25, -0.2) is 4.99 Å². The van der Waals surface area contributed by atoms with Crippen molar-refractivity contribution in [3.8, 4) is 0 Å². The molecule has 2 heterocycles. The van der Waals surface area contributed by atoms with Crippen molar-refractivity contribution in [2.45, 2.75) is 20.0 Å². The van der Waals surface area contributed by atoms with Crippen LogP contribution in [-0.2, 0) is 6.18 Å². The minimum absolute atomic E-state index is 0.653. The highest BCUT2D eigenvalue weighted by molar-refractivity contribution is 6.24. The molecule has 0 spiro atoms. The molecule has 0 unspecified atom stereocenters. The van der Waals surface area contributed by atoms with E-state index < -0.39 is 11.7 Å². The number of aromatic nitrogens is 1. The number of halogens is 3. The molecule has 3 aromatic carbocycles. The number of rotatable bonds is 2. The number of alkyl halides is 3. The third kappa shape index (κ3) is 3.36. The smallest absolute Gasteiger partial charge is 0.361 e. The van der Waals surface area contributed by atoms with E-state index in [0.29, 0.717) is 0 Å². The summed E-state index contributed by atoms with van der Waals surface area (Å²) in [6.45, 7) is 4.06. The van der Waals surface area contributed by atoms with E-state index in [0.717, 1.165) is 67.7 Å². The van der Waals surface area contributed by atoms with E-state index in [-0.39, 0.29) is 0 Å². The number of benzene rings is 3. The highest BCUT2D eigenvalue weighted by atomic mass is 19.4. The van der Waals surface area contributed by atoms with Crippen molar-refractivity contribution in [2.75, 3.05) is 0 Å². The maximum Gasteiger partial charge on any atom is 0.416 e. The van der Waals surface area contributed by atoms with Gasteiger partial charge in [0.1, 0.15) is 0 Å². The Balaban J connectivity index is 1.80. The third-order valence-corrected chi connectivity index (χ3v) is 5.71. The van der Waals surface area contributed by atoms with Crippen molar-refractivity contribution in [2.24, 2.45) is 0 Å². The van der Waals surface area contributed by atoms with Crippen molar-refractivity contribution in [1.82, 2.24) is 4.98 Å². The van der Waals surface area contributed by atoms with Gasteiger partial charge in [0.25, 0.3) is 0 Å². The van der Waals surface area contributed by atoms with Crippen LogP contribution >= 0.6 is 0 Å². The fourth-order valence-electron chi connectivity index (χ4n) is 4.16. The van der Waals surface area contributed by atoms with Crippen molar-refractivity contribution in [3.05, 3.63) is 100 Å². The molecule has 0 radical (unpaired) electrons. The quantitative estimate of drug-likeness (QED) is 0.428. The van der Waals surface area contributed by atoms with Crippen molar-refractivity contribution < 1.29 is 18.2 Å². The second-order valence-electron chi connectivity index (χ2n) is 7.95. The van der Waals surface area contributed by atoms with Gasteiger partial charge < -0.3 is 4.98 Å². The zero-order valence-corrected chi connectivity index (χ0v) is 17.1. The number of aryl methyl sites for hydroxylation is 2. The lowest BCUT2D eigenvalue weighted by atomic mass is 9.89. The molecular formula is C26H20F3N2+. The average molecular weight is 417 g/mol. The maximum atomic E-state index is 13.2. The number of fused-ring (bicyclic) bond motifs is 2. The number of nitrogens with one attached hydrogen (secondary N) is 2. The SMILES string of the molecule is Cc1ccc2c(c1)/C(=C(\c1ccc(C(F)(F)F)cc1)c1c[nH]c3ccc(C)cc13)C=[NH+]2. The van der Waals surface area contributed by atoms with Gasteiger partial charge in [0, 0.05) is 34.3 Å². The van der Waals surface area contributed by atoms with Gasteiger partial charge in [-0.05, 0) is 49.7 Å². The van der Waals surface area contributed by atoms with Gasteiger partial charge in [-0.1, -0.05) is 35.4 Å². The number of hydrogen-bond acceptors (Lipinski definition) is 0. The Morgan fingerprint density at radius 1 is 0.871 bits per heavy atom. The second kappa shape index (κ2) is 6.98. The molecule has 5 rings (SSSR count). The highest BCUT2D eigenvalue weighted by Crippen LogP contribution is 2.39. The lowest BCUT2D eigenvalue weighted by Gasteiger charge is -2.13. The van der Waals surface area contributed by atoms with Gasteiger partial charge in [-0.15, -0.1) is 0 Å². The third-order valence-electron chi connectivity index (χ3n) is 5.71. The lowest BCUT2D eigenvalue weighted by molar-refractivity contribution is -0.342. The first-order chi connectivity index (χ1) is 14.8. The van der Waals surface area contributed by atoms with Crippen LogP contribution in [0.15, 0.2) is 66.9 Å². The first-order valence-electron chi connectivity index (χ1n) is 10.0. The summed E-state index contributed by atoms with van der Waals surface area (Å²) in [5.74, 6) is 0. The van der Waals surface area contributed by atoms with E-state index in [2.05, 4.69) is 22.1 Å². The van der Waals surface area contributed by atoms with Gasteiger partial charge in [0.2, 0.25) is 5.69 Å². The van der Waals surface area contributed by atoms with Crippen LogP contribution in [0.3, 0.4) is 0 Å². The summed E-state index contributed by atoms with van der Waals surface area (Å²) in [4.78, 5) is 6.62. The van der Waals surface area contributed by atoms with E-state index in [9.17, 15) is 13.2 Å². The maximum absolute atomic E-state index is 13.2. The average Bonchev–Trinajstić information content (AvgIpc) is 3.33. The predicted molar refractivity (Wildman–Crippen MR) is 118 cm³/mol. The minimum atomic E-state index is -4.37. The predicted octanol–water partition coefficient (Wildman–Crippen LogP) is 5.56. The molecule has 0 atom stereocenters. The fraction of sp³-hybridized carbons (Fsp3) is 0.115. The summed E-state index contributed by atoms with van der Waals surface area (Å²) in [7, 11) is 0. The molecule has 31 heavy (non-hydrogen) atoms. The monoisotopic (exact) mass is 417 g/mol. The topological polar surface area (TPSA) is 29.8 Å². The van der Waals surface area contributed by atoms with E-state index in [1.807, 2.05) is 50.5 Å². The molecule has 0 saturated heterocycles. The first kappa shape index (κ1) is 19.4. The molecule has 2 nitrogen and oxygen atoms in total. The molecule has 4 aromatic rings. The molecule has 2 N–H and O–H groups in total. The van der Waals surface area contributed by atoms with E-state index >= 15 is 0 Å². The molecule has 1 aliphatic heterocycles. The van der Waals surface area contributed by atoms with Crippen LogP contribution in [0, 0.1) is 13.8 Å².